The molecule has 0 saturated heterocycles. The molecule has 0 unspecified atom stereocenters. The van der Waals surface area contributed by atoms with Crippen LogP contribution in [-0.4, -0.2) is 24.5 Å². The minimum atomic E-state index is 0.732. The quantitative estimate of drug-likeness (QED) is 0.805. The highest BCUT2D eigenvalue weighted by atomic mass is 35.5. The topological polar surface area (TPSA) is 29.3 Å². The van der Waals surface area contributed by atoms with Gasteiger partial charge in [0.25, 0.3) is 0 Å². The highest BCUT2D eigenvalue weighted by molar-refractivity contribution is 6.30. The molecule has 0 bridgehead atoms. The van der Waals surface area contributed by atoms with Crippen LogP contribution in [0.3, 0.4) is 0 Å². The molecule has 0 aliphatic carbocycles. The first kappa shape index (κ1) is 9.97. The second kappa shape index (κ2) is 4.30. The zero-order valence-electron chi connectivity index (χ0n) is 8.17. The Kier molecular flexibility index (Phi) is 3.06. The minimum Gasteiger partial charge on any atom is -0.329 e. The van der Waals surface area contributed by atoms with Gasteiger partial charge in [0.15, 0.2) is 0 Å². The van der Waals surface area contributed by atoms with Crippen LogP contribution in [0.4, 0.5) is 0 Å². The fraction of sp³-hybridized carbons (Fsp3) is 0.455. The van der Waals surface area contributed by atoms with Gasteiger partial charge in [0.2, 0.25) is 0 Å². The van der Waals surface area contributed by atoms with E-state index in [1.165, 1.54) is 11.1 Å². The van der Waals surface area contributed by atoms with Gasteiger partial charge in [-0.3, -0.25) is 4.90 Å². The average Bonchev–Trinajstić information content (AvgIpc) is 2.17. The van der Waals surface area contributed by atoms with Gasteiger partial charge in [-0.1, -0.05) is 17.7 Å². The van der Waals surface area contributed by atoms with Gasteiger partial charge in [-0.2, -0.15) is 0 Å². The van der Waals surface area contributed by atoms with Gasteiger partial charge >= 0.3 is 0 Å². The van der Waals surface area contributed by atoms with Gasteiger partial charge in [0, 0.05) is 31.2 Å². The summed E-state index contributed by atoms with van der Waals surface area (Å²) in [6, 6.07) is 6.18. The van der Waals surface area contributed by atoms with Crippen molar-refractivity contribution >= 4 is 11.6 Å². The Morgan fingerprint density at radius 2 is 2.21 bits per heavy atom. The number of benzene rings is 1. The summed E-state index contributed by atoms with van der Waals surface area (Å²) >= 11 is 5.96. The monoisotopic (exact) mass is 210 g/mol. The van der Waals surface area contributed by atoms with Crippen LogP contribution in [0.2, 0.25) is 5.02 Å². The van der Waals surface area contributed by atoms with E-state index >= 15 is 0 Å². The molecule has 0 saturated carbocycles. The molecular weight excluding hydrogens is 196 g/mol. The highest BCUT2D eigenvalue weighted by Crippen LogP contribution is 2.22. The fourth-order valence-corrected chi connectivity index (χ4v) is 2.15. The van der Waals surface area contributed by atoms with E-state index in [0.29, 0.717) is 0 Å². The minimum absolute atomic E-state index is 0.732. The molecule has 2 N–H and O–H groups in total. The summed E-state index contributed by atoms with van der Waals surface area (Å²) in [7, 11) is 0. The Balaban J connectivity index is 2.16. The largest absolute Gasteiger partial charge is 0.329 e. The Labute approximate surface area is 89.7 Å². The summed E-state index contributed by atoms with van der Waals surface area (Å²) in [5, 5.41) is 0.832. The van der Waals surface area contributed by atoms with Crippen molar-refractivity contribution < 1.29 is 0 Å². The van der Waals surface area contributed by atoms with Crippen molar-refractivity contribution in [2.24, 2.45) is 5.73 Å². The maximum Gasteiger partial charge on any atom is 0.0409 e. The summed E-state index contributed by atoms with van der Waals surface area (Å²) in [4.78, 5) is 2.37. The molecule has 14 heavy (non-hydrogen) atoms. The molecule has 0 atom stereocenters. The van der Waals surface area contributed by atoms with Crippen LogP contribution < -0.4 is 5.73 Å². The molecule has 1 aromatic rings. The van der Waals surface area contributed by atoms with Crippen molar-refractivity contribution in [1.29, 1.82) is 0 Å². The molecule has 3 heteroatoms. The SMILES string of the molecule is NCCN1CCc2ccc(Cl)cc2C1. The summed E-state index contributed by atoms with van der Waals surface area (Å²) < 4.78 is 0. The maximum atomic E-state index is 5.96. The van der Waals surface area contributed by atoms with Crippen LogP contribution in [0.5, 0.6) is 0 Å². The van der Waals surface area contributed by atoms with Gasteiger partial charge in [0.1, 0.15) is 0 Å². The number of nitrogens with zero attached hydrogens (tertiary/aromatic N) is 1. The van der Waals surface area contributed by atoms with E-state index < -0.39 is 0 Å². The van der Waals surface area contributed by atoms with Crippen LogP contribution in [0, 0.1) is 0 Å². The molecule has 1 aliphatic rings. The summed E-state index contributed by atoms with van der Waals surface area (Å²) in [5.41, 5.74) is 8.33. The van der Waals surface area contributed by atoms with Crippen LogP contribution in [-0.2, 0) is 13.0 Å². The maximum absolute atomic E-state index is 5.96. The first-order chi connectivity index (χ1) is 6.79. The summed E-state index contributed by atoms with van der Waals surface area (Å²) in [6.07, 6.45) is 1.12. The van der Waals surface area contributed by atoms with Crippen LogP contribution >= 0.6 is 11.6 Å². The van der Waals surface area contributed by atoms with E-state index in [2.05, 4.69) is 17.0 Å². The Bertz CT molecular complexity index is 325. The number of nitrogens with two attached hydrogens (primary N) is 1. The standard InChI is InChI=1S/C11H15ClN2/c12-11-2-1-9-3-5-14(6-4-13)8-10(9)7-11/h1-2,7H,3-6,8,13H2. The molecule has 2 nitrogen and oxygen atoms in total. The summed E-state index contributed by atoms with van der Waals surface area (Å²) in [5.74, 6) is 0. The number of hydrogen-bond acceptors (Lipinski definition) is 2. The number of rotatable bonds is 2. The zero-order chi connectivity index (χ0) is 9.97. The lowest BCUT2D eigenvalue weighted by atomic mass is 10.00. The highest BCUT2D eigenvalue weighted by Gasteiger charge is 2.15. The third kappa shape index (κ3) is 2.08. The van der Waals surface area contributed by atoms with Crippen molar-refractivity contribution in [2.75, 3.05) is 19.6 Å². The first-order valence-corrected chi connectivity index (χ1v) is 5.37. The lowest BCUT2D eigenvalue weighted by Gasteiger charge is -2.28. The van der Waals surface area contributed by atoms with Crippen LogP contribution in [0.15, 0.2) is 18.2 Å². The second-order valence-corrected chi connectivity index (χ2v) is 4.16. The Morgan fingerprint density at radius 3 is 3.00 bits per heavy atom. The Morgan fingerprint density at radius 1 is 1.36 bits per heavy atom. The van der Waals surface area contributed by atoms with E-state index in [1.54, 1.807) is 0 Å². The summed E-state index contributed by atoms with van der Waals surface area (Å²) in [6.45, 7) is 3.82. The van der Waals surface area contributed by atoms with Crippen LogP contribution in [0.25, 0.3) is 0 Å². The first-order valence-electron chi connectivity index (χ1n) is 4.99. The molecule has 0 amide bonds. The van der Waals surface area contributed by atoms with E-state index in [-0.39, 0.29) is 0 Å². The molecule has 76 valence electrons. The molecule has 0 spiro atoms. The molecular formula is C11H15ClN2. The van der Waals surface area contributed by atoms with Gasteiger partial charge < -0.3 is 5.73 Å². The molecule has 1 heterocycles. The molecule has 0 radical (unpaired) electrons. The number of halogens is 1. The Hall–Kier alpha value is -0.570. The molecule has 0 aromatic heterocycles. The predicted molar refractivity (Wildman–Crippen MR) is 59.5 cm³/mol. The second-order valence-electron chi connectivity index (χ2n) is 3.73. The lowest BCUT2D eigenvalue weighted by Crippen LogP contribution is -2.34. The average molecular weight is 211 g/mol. The van der Waals surface area contributed by atoms with Crippen molar-refractivity contribution in [2.45, 2.75) is 13.0 Å². The van der Waals surface area contributed by atoms with Crippen LogP contribution in [0.1, 0.15) is 11.1 Å². The van der Waals surface area contributed by atoms with Gasteiger partial charge in [-0.15, -0.1) is 0 Å². The number of hydrogen-bond donors (Lipinski definition) is 1. The van der Waals surface area contributed by atoms with E-state index in [1.807, 2.05) is 6.07 Å². The normalized spacial score (nSPS) is 16.7. The zero-order valence-corrected chi connectivity index (χ0v) is 8.93. The van der Waals surface area contributed by atoms with E-state index in [0.717, 1.165) is 37.6 Å². The fourth-order valence-electron chi connectivity index (χ4n) is 1.96. The van der Waals surface area contributed by atoms with E-state index in [4.69, 9.17) is 17.3 Å². The van der Waals surface area contributed by atoms with E-state index in [9.17, 15) is 0 Å². The molecule has 0 fully saturated rings. The lowest BCUT2D eigenvalue weighted by molar-refractivity contribution is 0.261. The van der Waals surface area contributed by atoms with Crippen molar-refractivity contribution in [3.63, 3.8) is 0 Å². The smallest absolute Gasteiger partial charge is 0.0409 e. The molecule has 1 aliphatic heterocycles. The van der Waals surface area contributed by atoms with Crippen molar-refractivity contribution in [3.05, 3.63) is 34.3 Å². The molecule has 1 aromatic carbocycles. The van der Waals surface area contributed by atoms with Crippen molar-refractivity contribution in [3.8, 4) is 0 Å². The van der Waals surface area contributed by atoms with Gasteiger partial charge in [-0.05, 0) is 29.7 Å². The van der Waals surface area contributed by atoms with Gasteiger partial charge in [0.05, 0.1) is 0 Å². The number of fused-ring (bicyclic) bond motifs is 1. The molecule has 2 rings (SSSR count). The van der Waals surface area contributed by atoms with Crippen molar-refractivity contribution in [1.82, 2.24) is 4.90 Å². The van der Waals surface area contributed by atoms with Gasteiger partial charge in [-0.25, -0.2) is 0 Å². The predicted octanol–water partition coefficient (Wildman–Crippen LogP) is 1.66. The third-order valence-corrected chi connectivity index (χ3v) is 2.94. The third-order valence-electron chi connectivity index (χ3n) is 2.70.